The molecule has 0 aromatic carbocycles. The van der Waals surface area contributed by atoms with E-state index in [9.17, 15) is 14.7 Å². The third-order valence-corrected chi connectivity index (χ3v) is 5.29. The average molecular weight is 296 g/mol. The van der Waals surface area contributed by atoms with Gasteiger partial charge in [-0.15, -0.1) is 0 Å². The van der Waals surface area contributed by atoms with Crippen LogP contribution in [0.2, 0.25) is 0 Å². The van der Waals surface area contributed by atoms with E-state index in [2.05, 4.69) is 10.6 Å². The van der Waals surface area contributed by atoms with Crippen molar-refractivity contribution >= 4 is 12.0 Å². The van der Waals surface area contributed by atoms with Crippen LogP contribution in [0.25, 0.3) is 0 Å². The van der Waals surface area contributed by atoms with Crippen LogP contribution in [0.5, 0.6) is 0 Å². The molecule has 0 aromatic heterocycles. The average Bonchev–Trinajstić information content (AvgIpc) is 2.48. The van der Waals surface area contributed by atoms with Gasteiger partial charge in [0.2, 0.25) is 0 Å². The van der Waals surface area contributed by atoms with E-state index in [0.29, 0.717) is 18.9 Å². The standard InChI is InChI=1S/C16H28N2O3/c1-12-7-5-6-10-16(12,14(19)20)18-15(21)17-11-13-8-3-2-4-9-13/h12-13H,2-11H2,1H3,(H,19,20)(H2,17,18,21). The number of amides is 2. The SMILES string of the molecule is CC1CCCCC1(NC(=O)NCC1CCCCC1)C(=O)O. The molecule has 0 saturated heterocycles. The van der Waals surface area contributed by atoms with Gasteiger partial charge >= 0.3 is 12.0 Å². The Morgan fingerprint density at radius 3 is 2.38 bits per heavy atom. The lowest BCUT2D eigenvalue weighted by atomic mass is 9.73. The summed E-state index contributed by atoms with van der Waals surface area (Å²) in [5, 5.41) is 15.2. The molecule has 21 heavy (non-hydrogen) atoms. The summed E-state index contributed by atoms with van der Waals surface area (Å²) in [6, 6.07) is -0.322. The number of carboxylic acid groups (broad SMARTS) is 1. The van der Waals surface area contributed by atoms with Gasteiger partial charge in [0, 0.05) is 6.54 Å². The maximum Gasteiger partial charge on any atom is 0.329 e. The minimum absolute atomic E-state index is 0.0239. The molecule has 0 heterocycles. The van der Waals surface area contributed by atoms with Crippen molar-refractivity contribution in [3.05, 3.63) is 0 Å². The monoisotopic (exact) mass is 296 g/mol. The Bertz CT molecular complexity index is 380. The van der Waals surface area contributed by atoms with Crippen molar-refractivity contribution in [2.24, 2.45) is 11.8 Å². The summed E-state index contributed by atoms with van der Waals surface area (Å²) in [4.78, 5) is 23.8. The fourth-order valence-corrected chi connectivity index (χ4v) is 3.78. The normalized spacial score (nSPS) is 30.6. The zero-order valence-electron chi connectivity index (χ0n) is 13.0. The lowest BCUT2D eigenvalue weighted by Gasteiger charge is -2.39. The van der Waals surface area contributed by atoms with Crippen LogP contribution in [-0.2, 0) is 4.79 Å². The van der Waals surface area contributed by atoms with Gasteiger partial charge in [-0.1, -0.05) is 39.0 Å². The molecule has 0 aliphatic heterocycles. The van der Waals surface area contributed by atoms with Crippen LogP contribution in [0.3, 0.4) is 0 Å². The zero-order valence-corrected chi connectivity index (χ0v) is 13.0. The maximum atomic E-state index is 12.1. The summed E-state index contributed by atoms with van der Waals surface area (Å²) in [7, 11) is 0. The van der Waals surface area contributed by atoms with Gasteiger partial charge < -0.3 is 15.7 Å². The molecular formula is C16H28N2O3. The van der Waals surface area contributed by atoms with E-state index >= 15 is 0 Å². The van der Waals surface area contributed by atoms with E-state index in [-0.39, 0.29) is 11.9 Å². The highest BCUT2D eigenvalue weighted by Gasteiger charge is 2.46. The molecule has 2 aliphatic rings. The van der Waals surface area contributed by atoms with Crippen molar-refractivity contribution in [2.45, 2.75) is 70.3 Å². The van der Waals surface area contributed by atoms with Crippen molar-refractivity contribution < 1.29 is 14.7 Å². The molecule has 0 spiro atoms. The minimum Gasteiger partial charge on any atom is -0.479 e. The Balaban J connectivity index is 1.87. The summed E-state index contributed by atoms with van der Waals surface area (Å²) in [6.07, 6.45) is 9.40. The molecule has 2 fully saturated rings. The Hall–Kier alpha value is -1.26. The van der Waals surface area contributed by atoms with Gasteiger partial charge in [-0.25, -0.2) is 9.59 Å². The van der Waals surface area contributed by atoms with Crippen LogP contribution in [0, 0.1) is 11.8 Å². The lowest BCUT2D eigenvalue weighted by molar-refractivity contribution is -0.148. The Labute approximate surface area is 126 Å². The fraction of sp³-hybridized carbons (Fsp3) is 0.875. The van der Waals surface area contributed by atoms with Crippen molar-refractivity contribution in [3.63, 3.8) is 0 Å². The third kappa shape index (κ3) is 3.89. The first-order valence-corrected chi connectivity index (χ1v) is 8.34. The predicted molar refractivity (Wildman–Crippen MR) is 81.1 cm³/mol. The number of aliphatic carboxylic acids is 1. The highest BCUT2D eigenvalue weighted by atomic mass is 16.4. The number of carboxylic acids is 1. The Morgan fingerprint density at radius 2 is 1.76 bits per heavy atom. The molecule has 0 bridgehead atoms. The van der Waals surface area contributed by atoms with Crippen LogP contribution in [0.4, 0.5) is 4.79 Å². The van der Waals surface area contributed by atoms with Crippen molar-refractivity contribution in [3.8, 4) is 0 Å². The number of nitrogens with one attached hydrogen (secondary N) is 2. The van der Waals surface area contributed by atoms with Crippen LogP contribution in [0.1, 0.15) is 64.7 Å². The molecular weight excluding hydrogens is 268 g/mol. The van der Waals surface area contributed by atoms with Gasteiger partial charge in [0.15, 0.2) is 0 Å². The Kier molecular flexibility index (Phi) is 5.48. The summed E-state index contributed by atoms with van der Waals surface area (Å²) in [6.45, 7) is 2.59. The van der Waals surface area contributed by atoms with Gasteiger partial charge in [-0.05, 0) is 37.5 Å². The summed E-state index contributed by atoms with van der Waals surface area (Å²) >= 11 is 0. The second-order valence-corrected chi connectivity index (χ2v) is 6.76. The smallest absolute Gasteiger partial charge is 0.329 e. The van der Waals surface area contributed by atoms with Crippen LogP contribution < -0.4 is 10.6 Å². The summed E-state index contributed by atoms with van der Waals surface area (Å²) in [5.74, 6) is -0.374. The number of carbonyl (C=O) groups is 2. The van der Waals surface area contributed by atoms with E-state index in [4.69, 9.17) is 0 Å². The Morgan fingerprint density at radius 1 is 1.10 bits per heavy atom. The van der Waals surface area contributed by atoms with Crippen molar-refractivity contribution in [1.82, 2.24) is 10.6 Å². The molecule has 2 rings (SSSR count). The number of urea groups is 1. The molecule has 5 nitrogen and oxygen atoms in total. The second kappa shape index (κ2) is 7.14. The van der Waals surface area contributed by atoms with E-state index < -0.39 is 11.5 Å². The van der Waals surface area contributed by atoms with E-state index in [1.807, 2.05) is 6.92 Å². The predicted octanol–water partition coefficient (Wildman–Crippen LogP) is 2.90. The van der Waals surface area contributed by atoms with Gasteiger partial charge in [-0.2, -0.15) is 0 Å². The van der Waals surface area contributed by atoms with E-state index in [1.54, 1.807) is 0 Å². The number of hydrogen-bond donors (Lipinski definition) is 3. The molecule has 2 amide bonds. The van der Waals surface area contributed by atoms with Crippen LogP contribution in [-0.4, -0.2) is 29.2 Å². The van der Waals surface area contributed by atoms with Gasteiger partial charge in [0.05, 0.1) is 0 Å². The zero-order chi connectivity index (χ0) is 15.3. The first-order chi connectivity index (χ1) is 10.0. The minimum atomic E-state index is -1.09. The molecule has 0 aromatic rings. The molecule has 5 heteroatoms. The molecule has 120 valence electrons. The first-order valence-electron chi connectivity index (χ1n) is 8.34. The van der Waals surface area contributed by atoms with Gasteiger partial charge in [0.25, 0.3) is 0 Å². The maximum absolute atomic E-state index is 12.1. The molecule has 0 radical (unpaired) electrons. The van der Waals surface area contributed by atoms with Gasteiger partial charge in [-0.3, -0.25) is 0 Å². The second-order valence-electron chi connectivity index (χ2n) is 6.76. The van der Waals surface area contributed by atoms with E-state index in [0.717, 1.165) is 19.3 Å². The van der Waals surface area contributed by atoms with Gasteiger partial charge in [0.1, 0.15) is 5.54 Å². The van der Waals surface area contributed by atoms with Crippen molar-refractivity contribution in [1.29, 1.82) is 0 Å². The largest absolute Gasteiger partial charge is 0.479 e. The molecule has 2 atom stereocenters. The fourth-order valence-electron chi connectivity index (χ4n) is 3.78. The van der Waals surface area contributed by atoms with Crippen LogP contribution >= 0.6 is 0 Å². The highest BCUT2D eigenvalue weighted by Crippen LogP contribution is 2.34. The van der Waals surface area contributed by atoms with E-state index in [1.165, 1.54) is 32.1 Å². The first kappa shape index (κ1) is 16.1. The quantitative estimate of drug-likeness (QED) is 0.746. The molecule has 2 unspecified atom stereocenters. The molecule has 3 N–H and O–H groups in total. The summed E-state index contributed by atoms with van der Waals surface area (Å²) in [5.41, 5.74) is -1.09. The molecule has 2 aliphatic carbocycles. The number of rotatable bonds is 4. The van der Waals surface area contributed by atoms with Crippen molar-refractivity contribution in [2.75, 3.05) is 6.54 Å². The highest BCUT2D eigenvalue weighted by molar-refractivity contribution is 5.86. The summed E-state index contributed by atoms with van der Waals surface area (Å²) < 4.78 is 0. The lowest BCUT2D eigenvalue weighted by Crippen LogP contribution is -2.62. The molecule has 2 saturated carbocycles. The third-order valence-electron chi connectivity index (χ3n) is 5.29. The van der Waals surface area contributed by atoms with Crippen LogP contribution in [0.15, 0.2) is 0 Å². The topological polar surface area (TPSA) is 78.4 Å². The number of carbonyl (C=O) groups excluding carboxylic acids is 1. The number of hydrogen-bond acceptors (Lipinski definition) is 2.